The third-order valence-corrected chi connectivity index (χ3v) is 3.40. The Hall–Kier alpha value is -1.47. The lowest BCUT2D eigenvalue weighted by Gasteiger charge is -2.10. The number of halogens is 5. The van der Waals surface area contributed by atoms with Gasteiger partial charge in [0.25, 0.3) is 0 Å². The molecule has 0 saturated heterocycles. The standard InChI is InChI=1S/C13H6BrF4NO/c14-8-2-4-11(19-6-8)7-1-3-9-10(5-7)13(17,18)20-12(9,15)16/h1-6H. The SMILES string of the molecule is FC1(F)OC(F)(F)c2cc(-c3ccc(Br)cn3)ccc21. The van der Waals surface area contributed by atoms with Crippen LogP contribution in [0.3, 0.4) is 0 Å². The van der Waals surface area contributed by atoms with Crippen molar-refractivity contribution in [3.8, 4) is 11.3 Å². The molecule has 2 heterocycles. The second kappa shape index (κ2) is 4.26. The topological polar surface area (TPSA) is 22.1 Å². The van der Waals surface area contributed by atoms with E-state index in [1.807, 2.05) is 0 Å². The highest BCUT2D eigenvalue weighted by molar-refractivity contribution is 9.10. The van der Waals surface area contributed by atoms with Crippen molar-refractivity contribution in [1.29, 1.82) is 0 Å². The first-order valence-corrected chi connectivity index (χ1v) is 6.32. The van der Waals surface area contributed by atoms with E-state index >= 15 is 0 Å². The summed E-state index contributed by atoms with van der Waals surface area (Å²) in [7, 11) is 0. The lowest BCUT2D eigenvalue weighted by Crippen LogP contribution is -2.17. The third-order valence-electron chi connectivity index (χ3n) is 2.93. The predicted molar refractivity (Wildman–Crippen MR) is 66.2 cm³/mol. The van der Waals surface area contributed by atoms with Crippen LogP contribution in [-0.4, -0.2) is 4.98 Å². The Morgan fingerprint density at radius 3 is 2.30 bits per heavy atom. The predicted octanol–water partition coefficient (Wildman–Crippen LogP) is 4.64. The smallest absolute Gasteiger partial charge is 0.255 e. The Kier molecular flexibility index (Phi) is 2.88. The van der Waals surface area contributed by atoms with Crippen molar-refractivity contribution in [2.24, 2.45) is 0 Å². The molecule has 1 aliphatic rings. The van der Waals surface area contributed by atoms with Crippen LogP contribution in [0.1, 0.15) is 11.1 Å². The van der Waals surface area contributed by atoms with Gasteiger partial charge in [0.2, 0.25) is 0 Å². The van der Waals surface area contributed by atoms with Crippen LogP contribution < -0.4 is 0 Å². The lowest BCUT2D eigenvalue weighted by atomic mass is 10.0. The number of fused-ring (bicyclic) bond motifs is 1. The van der Waals surface area contributed by atoms with Crippen LogP contribution in [-0.2, 0) is 17.0 Å². The molecule has 2 nitrogen and oxygen atoms in total. The van der Waals surface area contributed by atoms with Gasteiger partial charge in [0, 0.05) is 16.2 Å². The van der Waals surface area contributed by atoms with Crippen molar-refractivity contribution in [3.63, 3.8) is 0 Å². The molecule has 104 valence electrons. The van der Waals surface area contributed by atoms with Crippen LogP contribution in [0.4, 0.5) is 17.6 Å². The summed E-state index contributed by atoms with van der Waals surface area (Å²) >= 11 is 3.20. The van der Waals surface area contributed by atoms with Gasteiger partial charge in [0.1, 0.15) is 0 Å². The number of pyridine rings is 1. The number of aromatic nitrogens is 1. The van der Waals surface area contributed by atoms with Crippen LogP contribution in [0.2, 0.25) is 0 Å². The maximum Gasteiger partial charge on any atom is 0.388 e. The molecule has 0 amide bonds. The van der Waals surface area contributed by atoms with E-state index in [-0.39, 0.29) is 0 Å². The molecule has 0 spiro atoms. The Bertz CT molecular complexity index is 673. The molecule has 0 N–H and O–H groups in total. The fourth-order valence-corrected chi connectivity index (χ4v) is 2.25. The van der Waals surface area contributed by atoms with Gasteiger partial charge in [-0.2, -0.15) is 17.6 Å². The summed E-state index contributed by atoms with van der Waals surface area (Å²) in [6, 6.07) is 6.51. The first-order valence-electron chi connectivity index (χ1n) is 5.52. The Morgan fingerprint density at radius 2 is 1.65 bits per heavy atom. The van der Waals surface area contributed by atoms with Gasteiger partial charge in [-0.3, -0.25) is 4.98 Å². The van der Waals surface area contributed by atoms with Gasteiger partial charge in [-0.1, -0.05) is 6.07 Å². The molecule has 3 rings (SSSR count). The number of rotatable bonds is 1. The highest BCUT2D eigenvalue weighted by Gasteiger charge is 2.57. The largest absolute Gasteiger partial charge is 0.388 e. The molecule has 0 unspecified atom stereocenters. The molecule has 2 aromatic rings. The van der Waals surface area contributed by atoms with Gasteiger partial charge >= 0.3 is 12.2 Å². The third kappa shape index (κ3) is 2.10. The monoisotopic (exact) mass is 347 g/mol. The summed E-state index contributed by atoms with van der Waals surface area (Å²) < 4.78 is 57.8. The maximum atomic E-state index is 13.5. The zero-order chi connectivity index (χ0) is 14.5. The van der Waals surface area contributed by atoms with E-state index in [1.165, 1.54) is 12.3 Å². The fourth-order valence-electron chi connectivity index (χ4n) is 2.02. The van der Waals surface area contributed by atoms with E-state index in [4.69, 9.17) is 0 Å². The average Bonchev–Trinajstić information content (AvgIpc) is 2.56. The second-order valence-corrected chi connectivity index (χ2v) is 5.17. The molecule has 0 aliphatic carbocycles. The second-order valence-electron chi connectivity index (χ2n) is 4.26. The number of ether oxygens (including phenoxy) is 1. The summed E-state index contributed by atoms with van der Waals surface area (Å²) in [6.07, 6.45) is -6.50. The van der Waals surface area contributed by atoms with E-state index in [1.54, 1.807) is 12.1 Å². The molecule has 0 atom stereocenters. The molecule has 0 saturated carbocycles. The van der Waals surface area contributed by atoms with Crippen LogP contribution in [0.15, 0.2) is 41.0 Å². The molecular weight excluding hydrogens is 342 g/mol. The van der Waals surface area contributed by atoms with Crippen molar-refractivity contribution in [1.82, 2.24) is 4.98 Å². The first kappa shape index (κ1) is 13.5. The first-order chi connectivity index (χ1) is 9.29. The van der Waals surface area contributed by atoms with Crippen LogP contribution in [0.5, 0.6) is 0 Å². The average molecular weight is 348 g/mol. The zero-order valence-electron chi connectivity index (χ0n) is 9.71. The van der Waals surface area contributed by atoms with Crippen molar-refractivity contribution in [3.05, 3.63) is 52.1 Å². The summed E-state index contributed by atoms with van der Waals surface area (Å²) in [5.74, 6) is 0. The number of hydrogen-bond acceptors (Lipinski definition) is 2. The van der Waals surface area contributed by atoms with Crippen molar-refractivity contribution in [2.45, 2.75) is 12.2 Å². The van der Waals surface area contributed by atoms with E-state index in [9.17, 15) is 17.6 Å². The number of benzene rings is 1. The molecule has 1 aromatic carbocycles. The minimum Gasteiger partial charge on any atom is -0.255 e. The van der Waals surface area contributed by atoms with Crippen molar-refractivity contribution < 1.29 is 22.3 Å². The highest BCUT2D eigenvalue weighted by Crippen LogP contribution is 2.51. The molecule has 7 heteroatoms. The lowest BCUT2D eigenvalue weighted by molar-refractivity contribution is -0.369. The van der Waals surface area contributed by atoms with Crippen LogP contribution >= 0.6 is 15.9 Å². The molecule has 1 aromatic heterocycles. The molecule has 0 bridgehead atoms. The van der Waals surface area contributed by atoms with E-state index in [0.717, 1.165) is 16.6 Å². The molecule has 0 fully saturated rings. The molecule has 0 radical (unpaired) electrons. The van der Waals surface area contributed by atoms with Crippen LogP contribution in [0.25, 0.3) is 11.3 Å². The Balaban J connectivity index is 2.12. The Labute approximate surface area is 119 Å². The highest BCUT2D eigenvalue weighted by atomic mass is 79.9. The fraction of sp³-hybridized carbons (Fsp3) is 0.154. The molecule has 1 aliphatic heterocycles. The summed E-state index contributed by atoms with van der Waals surface area (Å²) in [5, 5.41) is 0. The zero-order valence-corrected chi connectivity index (χ0v) is 11.3. The van der Waals surface area contributed by atoms with Gasteiger partial charge in [-0.05, 0) is 40.2 Å². The quantitative estimate of drug-likeness (QED) is 0.701. The van der Waals surface area contributed by atoms with Gasteiger partial charge in [0.05, 0.1) is 16.8 Å². The van der Waals surface area contributed by atoms with E-state index < -0.39 is 23.3 Å². The van der Waals surface area contributed by atoms with Crippen molar-refractivity contribution in [2.75, 3.05) is 0 Å². The summed E-state index contributed by atoms with van der Waals surface area (Å²) in [4.78, 5) is 4.04. The van der Waals surface area contributed by atoms with Gasteiger partial charge in [-0.15, -0.1) is 0 Å². The number of nitrogens with zero attached hydrogens (tertiary/aromatic N) is 1. The van der Waals surface area contributed by atoms with E-state index in [0.29, 0.717) is 11.3 Å². The minimum absolute atomic E-state index is 0.317. The van der Waals surface area contributed by atoms with E-state index in [2.05, 4.69) is 25.7 Å². The van der Waals surface area contributed by atoms with Gasteiger partial charge < -0.3 is 0 Å². The number of hydrogen-bond donors (Lipinski definition) is 0. The molecule has 20 heavy (non-hydrogen) atoms. The minimum atomic E-state index is -4.01. The maximum absolute atomic E-state index is 13.5. The van der Waals surface area contributed by atoms with Gasteiger partial charge in [-0.25, -0.2) is 4.74 Å². The van der Waals surface area contributed by atoms with Crippen LogP contribution in [0, 0.1) is 0 Å². The van der Waals surface area contributed by atoms with Crippen molar-refractivity contribution >= 4 is 15.9 Å². The Morgan fingerprint density at radius 1 is 0.950 bits per heavy atom. The summed E-state index contributed by atoms with van der Waals surface area (Å²) in [5.41, 5.74) is -0.924. The molecular formula is C13H6BrF4NO. The normalized spacial score (nSPS) is 18.9. The van der Waals surface area contributed by atoms with Gasteiger partial charge in [0.15, 0.2) is 0 Å². The summed E-state index contributed by atoms with van der Waals surface area (Å²) in [6.45, 7) is 0. The number of alkyl halides is 4.